The van der Waals surface area contributed by atoms with Crippen LogP contribution in [0, 0.1) is 5.92 Å². The fraction of sp³-hybridized carbons (Fsp3) is 0.529. The first-order chi connectivity index (χ1) is 10.6. The summed E-state index contributed by atoms with van der Waals surface area (Å²) in [6.45, 7) is 5.14. The lowest BCUT2D eigenvalue weighted by Gasteiger charge is -2.35. The topological polar surface area (TPSA) is 61.4 Å². The van der Waals surface area contributed by atoms with Gasteiger partial charge in [-0.05, 0) is 31.9 Å². The lowest BCUT2D eigenvalue weighted by molar-refractivity contribution is -0.130. The number of amides is 2. The Bertz CT molecular complexity index is 556. The molecule has 5 heteroatoms. The molecule has 2 saturated heterocycles. The molecule has 2 amide bonds. The highest BCUT2D eigenvalue weighted by Gasteiger charge is 2.45. The van der Waals surface area contributed by atoms with E-state index in [0.29, 0.717) is 24.6 Å². The molecule has 118 valence electrons. The predicted molar refractivity (Wildman–Crippen MR) is 84.5 cm³/mol. The van der Waals surface area contributed by atoms with Crippen LogP contribution in [-0.4, -0.2) is 48.4 Å². The Morgan fingerprint density at radius 2 is 2.05 bits per heavy atom. The first kappa shape index (κ1) is 15.0. The number of benzene rings is 1. The van der Waals surface area contributed by atoms with Crippen molar-refractivity contribution >= 4 is 11.8 Å². The van der Waals surface area contributed by atoms with E-state index in [1.165, 1.54) is 0 Å². The van der Waals surface area contributed by atoms with Crippen LogP contribution in [0.4, 0.5) is 0 Å². The van der Waals surface area contributed by atoms with Crippen molar-refractivity contribution in [3.8, 4) is 0 Å². The van der Waals surface area contributed by atoms with Crippen LogP contribution in [0.15, 0.2) is 30.3 Å². The molecule has 1 aromatic carbocycles. The van der Waals surface area contributed by atoms with E-state index in [1.807, 2.05) is 25.1 Å². The quantitative estimate of drug-likeness (QED) is 0.873. The van der Waals surface area contributed by atoms with Gasteiger partial charge in [0.05, 0.1) is 0 Å². The maximum atomic E-state index is 12.7. The van der Waals surface area contributed by atoms with Crippen molar-refractivity contribution in [2.45, 2.75) is 25.3 Å². The molecular weight excluding hydrogens is 278 g/mol. The Morgan fingerprint density at radius 1 is 1.32 bits per heavy atom. The van der Waals surface area contributed by atoms with Gasteiger partial charge in [-0.25, -0.2) is 0 Å². The molecule has 2 fully saturated rings. The van der Waals surface area contributed by atoms with E-state index >= 15 is 0 Å². The molecule has 1 atom stereocenters. The van der Waals surface area contributed by atoms with Gasteiger partial charge in [0.15, 0.2) is 0 Å². The monoisotopic (exact) mass is 301 g/mol. The second-order valence-electron chi connectivity index (χ2n) is 6.43. The Morgan fingerprint density at radius 3 is 2.68 bits per heavy atom. The highest BCUT2D eigenvalue weighted by atomic mass is 16.2. The molecule has 3 rings (SSSR count). The normalized spacial score (nSPS) is 24.9. The minimum atomic E-state index is -0.732. The molecule has 0 bridgehead atoms. The second-order valence-corrected chi connectivity index (χ2v) is 6.43. The fourth-order valence-electron chi connectivity index (χ4n) is 3.18. The van der Waals surface area contributed by atoms with Gasteiger partial charge in [0.25, 0.3) is 5.91 Å². The van der Waals surface area contributed by atoms with Crippen molar-refractivity contribution < 1.29 is 9.59 Å². The average molecular weight is 301 g/mol. The van der Waals surface area contributed by atoms with Crippen molar-refractivity contribution in [1.82, 2.24) is 15.5 Å². The molecule has 1 unspecified atom stereocenters. The minimum absolute atomic E-state index is 0.0267. The molecule has 5 nitrogen and oxygen atoms in total. The minimum Gasteiger partial charge on any atom is -0.354 e. The highest BCUT2D eigenvalue weighted by molar-refractivity contribution is 5.99. The molecule has 1 aromatic rings. The Labute approximate surface area is 131 Å². The lowest BCUT2D eigenvalue weighted by atomic mass is 9.96. The van der Waals surface area contributed by atoms with Gasteiger partial charge in [0.2, 0.25) is 5.91 Å². The summed E-state index contributed by atoms with van der Waals surface area (Å²) in [5.74, 6) is 0.439. The molecule has 2 N–H and O–H groups in total. The third-order valence-electron chi connectivity index (χ3n) is 4.81. The van der Waals surface area contributed by atoms with Gasteiger partial charge in [-0.2, -0.15) is 0 Å². The zero-order valence-electron chi connectivity index (χ0n) is 13.0. The van der Waals surface area contributed by atoms with Gasteiger partial charge in [0.1, 0.15) is 5.54 Å². The molecule has 2 aliphatic rings. The summed E-state index contributed by atoms with van der Waals surface area (Å²) in [6.07, 6.45) is 1.59. The van der Waals surface area contributed by atoms with Gasteiger partial charge in [-0.3, -0.25) is 9.59 Å². The molecule has 0 radical (unpaired) electrons. The molecular formula is C17H23N3O2. The van der Waals surface area contributed by atoms with E-state index in [1.54, 1.807) is 17.0 Å². The number of carbonyl (C=O) groups excluding carboxylic acids is 2. The molecule has 2 heterocycles. The van der Waals surface area contributed by atoms with E-state index in [-0.39, 0.29) is 11.8 Å². The van der Waals surface area contributed by atoms with Crippen molar-refractivity contribution in [2.24, 2.45) is 5.92 Å². The number of likely N-dealkylation sites (tertiary alicyclic amines) is 1. The number of rotatable bonds is 4. The van der Waals surface area contributed by atoms with Crippen LogP contribution < -0.4 is 10.6 Å². The number of hydrogen-bond acceptors (Lipinski definition) is 3. The molecule has 0 aromatic heterocycles. The lowest BCUT2D eigenvalue weighted by Crippen LogP contribution is -2.57. The van der Waals surface area contributed by atoms with Crippen LogP contribution in [0.1, 0.15) is 30.1 Å². The van der Waals surface area contributed by atoms with E-state index < -0.39 is 5.54 Å². The van der Waals surface area contributed by atoms with Gasteiger partial charge >= 0.3 is 0 Å². The standard InChI is InChI=1S/C17H23N3O2/c1-17(16(22)19-12-13-10-18-11-13)8-5-9-20(17)15(21)14-6-3-2-4-7-14/h2-4,6-7,13,18H,5,8-12H2,1H3,(H,19,22). The Balaban J connectivity index is 1.70. The Kier molecular flexibility index (Phi) is 4.16. The van der Waals surface area contributed by atoms with Crippen molar-refractivity contribution in [2.75, 3.05) is 26.2 Å². The SMILES string of the molecule is CC1(C(=O)NCC2CNC2)CCCN1C(=O)c1ccccc1. The summed E-state index contributed by atoms with van der Waals surface area (Å²) < 4.78 is 0. The van der Waals surface area contributed by atoms with Crippen LogP contribution in [0.5, 0.6) is 0 Å². The smallest absolute Gasteiger partial charge is 0.254 e. The second kappa shape index (κ2) is 6.08. The maximum Gasteiger partial charge on any atom is 0.254 e. The summed E-state index contributed by atoms with van der Waals surface area (Å²) in [6, 6.07) is 9.20. The van der Waals surface area contributed by atoms with Gasteiger partial charge in [-0.1, -0.05) is 18.2 Å². The van der Waals surface area contributed by atoms with Crippen molar-refractivity contribution in [3.63, 3.8) is 0 Å². The van der Waals surface area contributed by atoms with Crippen LogP contribution in [-0.2, 0) is 4.79 Å². The van der Waals surface area contributed by atoms with E-state index in [9.17, 15) is 9.59 Å². The summed E-state index contributed by atoms with van der Waals surface area (Å²) in [4.78, 5) is 27.1. The number of hydrogen-bond donors (Lipinski definition) is 2. The van der Waals surface area contributed by atoms with Crippen LogP contribution >= 0.6 is 0 Å². The first-order valence-corrected chi connectivity index (χ1v) is 7.97. The predicted octanol–water partition coefficient (Wildman–Crippen LogP) is 1.02. The van der Waals surface area contributed by atoms with Gasteiger partial charge in [-0.15, -0.1) is 0 Å². The summed E-state index contributed by atoms with van der Waals surface area (Å²) in [7, 11) is 0. The van der Waals surface area contributed by atoms with Crippen molar-refractivity contribution in [1.29, 1.82) is 0 Å². The first-order valence-electron chi connectivity index (χ1n) is 7.97. The summed E-state index contributed by atoms with van der Waals surface area (Å²) in [5, 5.41) is 6.23. The molecule has 22 heavy (non-hydrogen) atoms. The largest absolute Gasteiger partial charge is 0.354 e. The van der Waals surface area contributed by atoms with Crippen LogP contribution in [0.25, 0.3) is 0 Å². The molecule has 0 aliphatic carbocycles. The average Bonchev–Trinajstić information content (AvgIpc) is 2.89. The highest BCUT2D eigenvalue weighted by Crippen LogP contribution is 2.30. The van der Waals surface area contributed by atoms with Crippen molar-refractivity contribution in [3.05, 3.63) is 35.9 Å². The molecule has 2 aliphatic heterocycles. The van der Waals surface area contributed by atoms with Crippen LogP contribution in [0.2, 0.25) is 0 Å². The summed E-state index contributed by atoms with van der Waals surface area (Å²) >= 11 is 0. The number of nitrogens with zero attached hydrogens (tertiary/aromatic N) is 1. The Hall–Kier alpha value is -1.88. The third kappa shape index (κ3) is 2.73. The zero-order valence-corrected chi connectivity index (χ0v) is 13.0. The third-order valence-corrected chi connectivity index (χ3v) is 4.81. The van der Waals surface area contributed by atoms with E-state index in [2.05, 4.69) is 10.6 Å². The van der Waals surface area contributed by atoms with Crippen LogP contribution in [0.3, 0.4) is 0 Å². The van der Waals surface area contributed by atoms with E-state index in [0.717, 1.165) is 25.9 Å². The number of carbonyl (C=O) groups is 2. The fourth-order valence-corrected chi connectivity index (χ4v) is 3.18. The molecule has 0 spiro atoms. The maximum absolute atomic E-state index is 12.7. The number of nitrogens with one attached hydrogen (secondary N) is 2. The van der Waals surface area contributed by atoms with Gasteiger partial charge < -0.3 is 15.5 Å². The zero-order chi connectivity index (χ0) is 15.6. The molecule has 0 saturated carbocycles. The van der Waals surface area contributed by atoms with Gasteiger partial charge in [0, 0.05) is 37.7 Å². The summed E-state index contributed by atoms with van der Waals surface area (Å²) in [5.41, 5.74) is -0.0870. The van der Waals surface area contributed by atoms with E-state index in [4.69, 9.17) is 0 Å².